The van der Waals surface area contributed by atoms with Gasteiger partial charge in [-0.05, 0) is 32.1 Å². The fourth-order valence-corrected chi connectivity index (χ4v) is 3.23. The number of unbranched alkanes of at least 4 members (excludes halogenated alkanes) is 11. The van der Waals surface area contributed by atoms with Crippen LogP contribution in [0.15, 0.2) is 17.1 Å². The van der Waals surface area contributed by atoms with Gasteiger partial charge in [0, 0.05) is 6.42 Å². The highest BCUT2D eigenvalue weighted by Crippen LogP contribution is 2.20. The second kappa shape index (κ2) is 15.2. The molecule has 0 radical (unpaired) electrons. The third-order valence-electron chi connectivity index (χ3n) is 5.11. The van der Waals surface area contributed by atoms with Crippen LogP contribution in [-0.4, -0.2) is 41.5 Å². The maximum Gasteiger partial charge on any atom is 0.184 e. The van der Waals surface area contributed by atoms with Gasteiger partial charge in [0.2, 0.25) is 0 Å². The number of aliphatic imine (C=N–C) groups is 1. The Hall–Kier alpha value is -0.870. The summed E-state index contributed by atoms with van der Waals surface area (Å²) in [6.45, 7) is 2.26. The molecule has 0 bridgehead atoms. The van der Waals surface area contributed by atoms with Crippen LogP contribution in [0.25, 0.3) is 0 Å². The average molecular weight is 368 g/mol. The molecule has 0 aromatic heterocycles. The van der Waals surface area contributed by atoms with Crippen molar-refractivity contribution in [3.8, 4) is 0 Å². The highest BCUT2D eigenvalue weighted by atomic mass is 16.5. The molecule has 0 aliphatic carbocycles. The third-order valence-corrected chi connectivity index (χ3v) is 5.11. The molecule has 1 heterocycles. The molecule has 2 N–H and O–H groups in total. The summed E-state index contributed by atoms with van der Waals surface area (Å²) in [5.74, 6) is 0.704. The molecular formula is C22H41NO3. The minimum absolute atomic E-state index is 0.151. The normalized spacial score (nSPS) is 16.2. The average Bonchev–Trinajstić information content (AvgIpc) is 3.09. The number of aliphatic hydroxyl groups excluding tert-OH is 2. The van der Waals surface area contributed by atoms with E-state index >= 15 is 0 Å². The largest absolute Gasteiger partial charge is 0.478 e. The number of aliphatic hydroxyl groups is 2. The summed E-state index contributed by atoms with van der Waals surface area (Å²) in [6, 6.07) is 0. The van der Waals surface area contributed by atoms with Crippen molar-refractivity contribution < 1.29 is 14.9 Å². The van der Waals surface area contributed by atoms with Gasteiger partial charge in [0.05, 0.1) is 13.2 Å². The second-order valence-corrected chi connectivity index (χ2v) is 7.67. The fourth-order valence-electron chi connectivity index (χ4n) is 3.23. The van der Waals surface area contributed by atoms with E-state index in [1.807, 2.05) is 0 Å². The third kappa shape index (κ3) is 10.3. The molecule has 0 atom stereocenters. The molecule has 0 unspecified atom stereocenters. The molecule has 0 saturated carbocycles. The van der Waals surface area contributed by atoms with E-state index in [1.165, 1.54) is 77.0 Å². The number of nitrogens with zero attached hydrogens (tertiary/aromatic N) is 1. The first-order valence-electron chi connectivity index (χ1n) is 10.8. The van der Waals surface area contributed by atoms with E-state index in [4.69, 9.17) is 4.74 Å². The van der Waals surface area contributed by atoms with Crippen molar-refractivity contribution in [2.75, 3.05) is 19.8 Å². The molecule has 0 spiro atoms. The molecule has 0 saturated heterocycles. The molecule has 152 valence electrons. The lowest BCUT2D eigenvalue weighted by molar-refractivity contribution is 0.0972. The van der Waals surface area contributed by atoms with E-state index in [9.17, 15) is 10.2 Å². The van der Waals surface area contributed by atoms with E-state index in [-0.39, 0.29) is 13.2 Å². The van der Waals surface area contributed by atoms with E-state index in [0.717, 1.165) is 12.8 Å². The minimum Gasteiger partial charge on any atom is -0.478 e. The summed E-state index contributed by atoms with van der Waals surface area (Å²) >= 11 is 0. The van der Waals surface area contributed by atoms with Gasteiger partial charge in [0.15, 0.2) is 5.90 Å². The number of allylic oxidation sites excluding steroid dienone is 2. The molecule has 1 aliphatic rings. The first-order chi connectivity index (χ1) is 12.8. The number of hydrogen-bond donors (Lipinski definition) is 2. The van der Waals surface area contributed by atoms with Crippen LogP contribution < -0.4 is 0 Å². The summed E-state index contributed by atoms with van der Waals surface area (Å²) in [5, 5.41) is 18.6. The predicted molar refractivity (Wildman–Crippen MR) is 110 cm³/mol. The molecule has 0 fully saturated rings. The van der Waals surface area contributed by atoms with Crippen LogP contribution >= 0.6 is 0 Å². The molecule has 0 aromatic rings. The van der Waals surface area contributed by atoms with Crippen LogP contribution in [0.3, 0.4) is 0 Å². The van der Waals surface area contributed by atoms with E-state index in [0.29, 0.717) is 12.5 Å². The Kier molecular flexibility index (Phi) is 13.6. The van der Waals surface area contributed by atoms with Gasteiger partial charge in [0.1, 0.15) is 12.1 Å². The Morgan fingerprint density at radius 1 is 0.846 bits per heavy atom. The van der Waals surface area contributed by atoms with Crippen LogP contribution in [0.5, 0.6) is 0 Å². The highest BCUT2D eigenvalue weighted by Gasteiger charge is 2.35. The van der Waals surface area contributed by atoms with Crippen LogP contribution in [0.4, 0.5) is 0 Å². The Morgan fingerprint density at radius 3 is 1.92 bits per heavy atom. The van der Waals surface area contributed by atoms with Crippen LogP contribution in [0, 0.1) is 0 Å². The highest BCUT2D eigenvalue weighted by molar-refractivity contribution is 5.78. The monoisotopic (exact) mass is 367 g/mol. The quantitative estimate of drug-likeness (QED) is 0.275. The van der Waals surface area contributed by atoms with Crippen molar-refractivity contribution in [1.82, 2.24) is 0 Å². The molecule has 1 aliphatic heterocycles. The zero-order valence-corrected chi connectivity index (χ0v) is 16.9. The Morgan fingerprint density at radius 2 is 1.38 bits per heavy atom. The predicted octanol–water partition coefficient (Wildman–Crippen LogP) is 5.18. The van der Waals surface area contributed by atoms with Crippen molar-refractivity contribution in [1.29, 1.82) is 0 Å². The lowest BCUT2D eigenvalue weighted by Crippen LogP contribution is -2.37. The SMILES string of the molecule is CCCCC/C=C/CCCCCCCCCCC1=NC(CO)(CO)CO1. The van der Waals surface area contributed by atoms with E-state index in [1.54, 1.807) is 0 Å². The summed E-state index contributed by atoms with van der Waals surface area (Å²) in [5.41, 5.74) is -0.792. The summed E-state index contributed by atoms with van der Waals surface area (Å²) < 4.78 is 5.49. The summed E-state index contributed by atoms with van der Waals surface area (Å²) in [4.78, 5) is 4.35. The van der Waals surface area contributed by atoms with Gasteiger partial charge in [-0.15, -0.1) is 0 Å². The number of hydrogen-bond acceptors (Lipinski definition) is 4. The molecule has 0 amide bonds. The molecule has 26 heavy (non-hydrogen) atoms. The fraction of sp³-hybridized carbons (Fsp3) is 0.864. The van der Waals surface area contributed by atoms with Crippen molar-refractivity contribution >= 4 is 5.90 Å². The Labute approximate surface area is 160 Å². The zero-order chi connectivity index (χ0) is 18.9. The Balaban J connectivity index is 1.86. The lowest BCUT2D eigenvalue weighted by atomic mass is 10.1. The van der Waals surface area contributed by atoms with Gasteiger partial charge in [-0.3, -0.25) is 0 Å². The van der Waals surface area contributed by atoms with Gasteiger partial charge < -0.3 is 14.9 Å². The van der Waals surface area contributed by atoms with Crippen LogP contribution in [-0.2, 0) is 4.74 Å². The van der Waals surface area contributed by atoms with Crippen molar-refractivity contribution in [3.05, 3.63) is 12.2 Å². The zero-order valence-electron chi connectivity index (χ0n) is 16.9. The minimum atomic E-state index is -0.792. The maximum absolute atomic E-state index is 9.29. The van der Waals surface area contributed by atoms with E-state index in [2.05, 4.69) is 24.1 Å². The van der Waals surface area contributed by atoms with Crippen molar-refractivity contribution in [3.63, 3.8) is 0 Å². The van der Waals surface area contributed by atoms with Gasteiger partial charge in [-0.25, -0.2) is 4.99 Å². The molecular weight excluding hydrogens is 326 g/mol. The first-order valence-corrected chi connectivity index (χ1v) is 10.8. The van der Waals surface area contributed by atoms with Crippen LogP contribution in [0.2, 0.25) is 0 Å². The summed E-state index contributed by atoms with van der Waals surface area (Å²) in [6.07, 6.45) is 22.3. The van der Waals surface area contributed by atoms with Gasteiger partial charge in [0.25, 0.3) is 0 Å². The first kappa shape index (κ1) is 23.2. The Bertz CT molecular complexity index is 389. The second-order valence-electron chi connectivity index (χ2n) is 7.67. The molecule has 1 rings (SSSR count). The molecule has 4 heteroatoms. The number of rotatable bonds is 17. The van der Waals surface area contributed by atoms with Crippen molar-refractivity contribution in [2.45, 2.75) is 102 Å². The van der Waals surface area contributed by atoms with Gasteiger partial charge in [-0.1, -0.05) is 70.4 Å². The van der Waals surface area contributed by atoms with Gasteiger partial charge in [-0.2, -0.15) is 0 Å². The topological polar surface area (TPSA) is 62.1 Å². The van der Waals surface area contributed by atoms with Crippen molar-refractivity contribution in [2.24, 2.45) is 4.99 Å². The van der Waals surface area contributed by atoms with Gasteiger partial charge >= 0.3 is 0 Å². The lowest BCUT2D eigenvalue weighted by Gasteiger charge is -2.16. The smallest absolute Gasteiger partial charge is 0.184 e. The standard InChI is InChI=1S/C22H41NO3/c1-2-3-4-5-6-7-8-9-10-11-12-13-14-15-16-17-21-23-22(18-24,19-25)20-26-21/h6-7,24-25H,2-5,8-20H2,1H3/b7-6+. The van der Waals surface area contributed by atoms with E-state index < -0.39 is 5.54 Å². The number of ether oxygens (including phenoxy) is 1. The molecule has 0 aromatic carbocycles. The summed E-state index contributed by atoms with van der Waals surface area (Å²) in [7, 11) is 0. The maximum atomic E-state index is 9.29. The molecule has 4 nitrogen and oxygen atoms in total. The van der Waals surface area contributed by atoms with Crippen LogP contribution in [0.1, 0.15) is 96.8 Å².